The van der Waals surface area contributed by atoms with E-state index in [1.807, 2.05) is 31.9 Å². The minimum Gasteiger partial charge on any atom is -0.369 e. The number of carbonyl (C=O) groups is 1. The fourth-order valence-electron chi connectivity index (χ4n) is 7.09. The molecular weight excluding hydrogens is 650 g/mol. The van der Waals surface area contributed by atoms with Crippen LogP contribution < -0.4 is 20.7 Å². The second-order valence-corrected chi connectivity index (χ2v) is 13.9. The molecule has 3 aliphatic heterocycles. The van der Waals surface area contributed by atoms with Crippen molar-refractivity contribution in [3.05, 3.63) is 93.2 Å². The van der Waals surface area contributed by atoms with Crippen LogP contribution in [-0.2, 0) is 12.7 Å². The summed E-state index contributed by atoms with van der Waals surface area (Å²) in [5.74, 6) is -1.51. The monoisotopic (exact) mass is 695 g/mol. The van der Waals surface area contributed by atoms with Gasteiger partial charge in [-0.2, -0.15) is 13.2 Å². The van der Waals surface area contributed by atoms with Gasteiger partial charge in [-0.3, -0.25) is 19.4 Å². The molecule has 2 fully saturated rings. The molecule has 9 nitrogen and oxygen atoms in total. The van der Waals surface area contributed by atoms with Gasteiger partial charge < -0.3 is 25.0 Å². The van der Waals surface area contributed by atoms with Crippen molar-refractivity contribution in [1.29, 1.82) is 0 Å². The number of aromatic nitrogens is 1. The van der Waals surface area contributed by atoms with E-state index < -0.39 is 34.6 Å². The Morgan fingerprint density at radius 3 is 2.24 bits per heavy atom. The zero-order chi connectivity index (χ0) is 35.7. The Morgan fingerprint density at radius 2 is 1.62 bits per heavy atom. The number of amides is 1. The number of pyridine rings is 1. The third-order valence-corrected chi connectivity index (χ3v) is 10.4. The number of aromatic amines is 1. The van der Waals surface area contributed by atoms with Gasteiger partial charge in [0.25, 0.3) is 5.91 Å². The Kier molecular flexibility index (Phi) is 10.4. The Labute approximate surface area is 290 Å². The van der Waals surface area contributed by atoms with E-state index in [4.69, 9.17) is 0 Å². The van der Waals surface area contributed by atoms with Gasteiger partial charge in [-0.05, 0) is 69.8 Å². The smallest absolute Gasteiger partial charge is 0.369 e. The number of rotatable bonds is 7. The molecule has 2 atom stereocenters. The molecule has 6 rings (SSSR count). The number of halogens is 4. The minimum atomic E-state index is -4.93. The van der Waals surface area contributed by atoms with Crippen molar-refractivity contribution in [1.82, 2.24) is 19.7 Å². The van der Waals surface area contributed by atoms with Crippen molar-refractivity contribution < 1.29 is 22.4 Å². The van der Waals surface area contributed by atoms with Gasteiger partial charge in [0.1, 0.15) is 5.82 Å². The first-order valence-electron chi connectivity index (χ1n) is 17.1. The Hall–Kier alpha value is -4.20. The molecule has 2 saturated heterocycles. The van der Waals surface area contributed by atoms with Crippen molar-refractivity contribution in [2.75, 3.05) is 81.6 Å². The Bertz CT molecular complexity index is 1770. The van der Waals surface area contributed by atoms with Crippen LogP contribution in [0.25, 0.3) is 5.57 Å². The maximum Gasteiger partial charge on any atom is 0.417 e. The van der Waals surface area contributed by atoms with Gasteiger partial charge in [-0.25, -0.2) is 4.39 Å². The quantitative estimate of drug-likeness (QED) is 0.323. The van der Waals surface area contributed by atoms with Crippen LogP contribution in [0.1, 0.15) is 47.3 Å². The number of hydrogen-bond donors (Lipinski definition) is 2. The molecule has 4 heterocycles. The van der Waals surface area contributed by atoms with E-state index in [-0.39, 0.29) is 17.8 Å². The fourth-order valence-corrected chi connectivity index (χ4v) is 7.09. The van der Waals surface area contributed by atoms with Crippen LogP contribution in [0.4, 0.5) is 34.6 Å². The molecule has 268 valence electrons. The maximum absolute atomic E-state index is 16.0. The van der Waals surface area contributed by atoms with E-state index in [1.54, 1.807) is 0 Å². The first kappa shape index (κ1) is 35.6. The Balaban J connectivity index is 1.24. The highest BCUT2D eigenvalue weighted by Crippen LogP contribution is 2.37. The van der Waals surface area contributed by atoms with Crippen molar-refractivity contribution in [2.45, 2.75) is 45.1 Å². The highest BCUT2D eigenvalue weighted by molar-refractivity contribution is 6.07. The summed E-state index contributed by atoms with van der Waals surface area (Å²) in [7, 11) is 4.15. The van der Waals surface area contributed by atoms with Crippen LogP contribution in [-0.4, -0.2) is 104 Å². The summed E-state index contributed by atoms with van der Waals surface area (Å²) in [5, 5.41) is 2.65. The number of likely N-dealkylation sites (N-methyl/N-ethyl adjacent to an activating group) is 2. The number of piperazine rings is 2. The number of hydrogen-bond acceptors (Lipinski definition) is 7. The molecule has 0 saturated carbocycles. The molecule has 2 aromatic carbocycles. The standard InChI is InChI=1S/C37H45F4N7O2/c1-24-21-48(22-25(2)45(24)4)34-19-32(38)29(17-33(34)43-36(50)30-20-42-35(49)18-31(30)37(39,40)41)27-9-11-46(12-10-27)23-26-5-7-28(8-6-26)47-15-13-44(3)14-16-47/h5-9,17-20,24-25H,10-16,21-23H2,1-4H3,(H,42,49)(H,43,50)/t24-,25+. The van der Waals surface area contributed by atoms with Gasteiger partial charge >= 0.3 is 6.18 Å². The largest absolute Gasteiger partial charge is 0.417 e. The van der Waals surface area contributed by atoms with Crippen molar-refractivity contribution in [3.8, 4) is 0 Å². The number of carbonyl (C=O) groups excluding carboxylic acids is 1. The van der Waals surface area contributed by atoms with Gasteiger partial charge in [0, 0.05) is 94.5 Å². The van der Waals surface area contributed by atoms with Gasteiger partial charge in [0.2, 0.25) is 5.56 Å². The van der Waals surface area contributed by atoms with Gasteiger partial charge in [-0.15, -0.1) is 0 Å². The summed E-state index contributed by atoms with van der Waals surface area (Å²) in [6.07, 6.45) is -1.62. The lowest BCUT2D eigenvalue weighted by atomic mass is 9.96. The number of alkyl halides is 3. The Morgan fingerprint density at radius 1 is 0.940 bits per heavy atom. The third-order valence-electron chi connectivity index (χ3n) is 10.4. The summed E-state index contributed by atoms with van der Waals surface area (Å²) in [5.41, 5.74) is 1.04. The molecule has 1 aromatic heterocycles. The maximum atomic E-state index is 16.0. The molecule has 13 heteroatoms. The molecule has 50 heavy (non-hydrogen) atoms. The highest BCUT2D eigenvalue weighted by Gasteiger charge is 2.36. The molecule has 1 amide bonds. The van der Waals surface area contributed by atoms with Gasteiger partial charge in [0.15, 0.2) is 0 Å². The molecule has 0 spiro atoms. The summed E-state index contributed by atoms with van der Waals surface area (Å²) in [4.78, 5) is 38.5. The summed E-state index contributed by atoms with van der Waals surface area (Å²) >= 11 is 0. The van der Waals surface area contributed by atoms with E-state index in [9.17, 15) is 22.8 Å². The average Bonchev–Trinajstić information content (AvgIpc) is 3.08. The zero-order valence-electron chi connectivity index (χ0n) is 29.0. The van der Waals surface area contributed by atoms with Crippen LogP contribution >= 0.6 is 0 Å². The number of benzene rings is 2. The minimum absolute atomic E-state index is 0.107. The van der Waals surface area contributed by atoms with E-state index in [2.05, 4.69) is 61.2 Å². The molecule has 3 aliphatic rings. The number of anilines is 3. The van der Waals surface area contributed by atoms with E-state index in [1.165, 1.54) is 23.4 Å². The van der Waals surface area contributed by atoms with E-state index in [0.717, 1.165) is 44.5 Å². The number of nitrogens with one attached hydrogen (secondary N) is 2. The van der Waals surface area contributed by atoms with Crippen molar-refractivity contribution >= 4 is 28.5 Å². The molecule has 0 aliphatic carbocycles. The number of nitrogens with zero attached hydrogens (tertiary/aromatic N) is 5. The normalized spacial score (nSPS) is 21.3. The second kappa shape index (κ2) is 14.6. The second-order valence-electron chi connectivity index (χ2n) is 13.9. The van der Waals surface area contributed by atoms with Crippen molar-refractivity contribution in [2.24, 2.45) is 0 Å². The lowest BCUT2D eigenvalue weighted by Gasteiger charge is -2.44. The van der Waals surface area contributed by atoms with Crippen LogP contribution in [0.5, 0.6) is 0 Å². The van der Waals surface area contributed by atoms with Gasteiger partial charge in [-0.1, -0.05) is 18.2 Å². The van der Waals surface area contributed by atoms with E-state index in [0.29, 0.717) is 49.9 Å². The molecular formula is C37H45F4N7O2. The molecule has 3 aromatic rings. The third kappa shape index (κ3) is 7.90. The highest BCUT2D eigenvalue weighted by atomic mass is 19.4. The predicted octanol–water partition coefficient (Wildman–Crippen LogP) is 5.36. The molecule has 0 unspecified atom stereocenters. The number of H-pyrrole nitrogens is 1. The van der Waals surface area contributed by atoms with Crippen molar-refractivity contribution in [3.63, 3.8) is 0 Å². The zero-order valence-corrected chi connectivity index (χ0v) is 29.0. The molecule has 2 N–H and O–H groups in total. The lowest BCUT2D eigenvalue weighted by Crippen LogP contribution is -2.55. The first-order valence-corrected chi connectivity index (χ1v) is 17.1. The fraction of sp³-hybridized carbons (Fsp3) is 0.459. The summed E-state index contributed by atoms with van der Waals surface area (Å²) in [6, 6.07) is 12.2. The van der Waals surface area contributed by atoms with Crippen LogP contribution in [0.3, 0.4) is 0 Å². The first-order chi connectivity index (χ1) is 23.8. The van der Waals surface area contributed by atoms with Crippen LogP contribution in [0, 0.1) is 5.82 Å². The van der Waals surface area contributed by atoms with Crippen LogP contribution in [0.2, 0.25) is 0 Å². The molecule has 0 bridgehead atoms. The average molecular weight is 696 g/mol. The predicted molar refractivity (Wildman–Crippen MR) is 189 cm³/mol. The summed E-state index contributed by atoms with van der Waals surface area (Å²) in [6.45, 7) is 11.3. The van der Waals surface area contributed by atoms with Crippen LogP contribution in [0.15, 0.2) is 59.5 Å². The van der Waals surface area contributed by atoms with E-state index >= 15 is 4.39 Å². The molecule has 0 radical (unpaired) electrons. The lowest BCUT2D eigenvalue weighted by molar-refractivity contribution is -0.138. The van der Waals surface area contributed by atoms with Gasteiger partial charge in [0.05, 0.1) is 22.5 Å². The SMILES string of the molecule is C[C@@H]1CN(c2cc(F)c(C3=CCN(Cc4ccc(N5CCN(C)CC5)cc4)CC3)cc2NC(=O)c2c[nH]c(=O)cc2C(F)(F)F)C[C@H](C)N1C. The summed E-state index contributed by atoms with van der Waals surface area (Å²) < 4.78 is 57.6. The topological polar surface area (TPSA) is 78.2 Å².